The number of rotatable bonds is 7. The second-order valence-corrected chi connectivity index (χ2v) is 16.1. The Bertz CT molecular complexity index is 3350. The Morgan fingerprint density at radius 1 is 0.339 bits per heavy atom. The van der Waals surface area contributed by atoms with Crippen molar-refractivity contribution in [2.24, 2.45) is 0 Å². The highest BCUT2D eigenvalue weighted by molar-refractivity contribution is 6.10. The van der Waals surface area contributed by atoms with Gasteiger partial charge in [-0.1, -0.05) is 158 Å². The Morgan fingerprint density at radius 2 is 0.790 bits per heavy atom. The molecular weight excluding hydrogens is 753 g/mol. The predicted molar refractivity (Wildman–Crippen MR) is 259 cm³/mol. The van der Waals surface area contributed by atoms with Gasteiger partial charge in [0.05, 0.1) is 33.5 Å². The van der Waals surface area contributed by atoms with Crippen LogP contribution < -0.4 is 0 Å². The number of fused-ring (bicyclic) bond motifs is 6. The zero-order valence-corrected chi connectivity index (χ0v) is 34.0. The van der Waals surface area contributed by atoms with Crippen molar-refractivity contribution in [3.63, 3.8) is 0 Å². The van der Waals surface area contributed by atoms with Gasteiger partial charge in [-0.05, 0) is 95.8 Å². The van der Waals surface area contributed by atoms with E-state index in [0.717, 1.165) is 79.9 Å². The maximum Gasteiger partial charge on any atom is 0.160 e. The summed E-state index contributed by atoms with van der Waals surface area (Å²) in [5, 5.41) is 4.87. The van der Waals surface area contributed by atoms with Gasteiger partial charge < -0.3 is 9.13 Å². The van der Waals surface area contributed by atoms with Crippen LogP contribution in [-0.4, -0.2) is 19.1 Å². The topological polar surface area (TPSA) is 35.6 Å². The van der Waals surface area contributed by atoms with Crippen LogP contribution in [0.2, 0.25) is 0 Å². The fourth-order valence-corrected chi connectivity index (χ4v) is 9.43. The first-order valence-corrected chi connectivity index (χ1v) is 21.4. The number of hydrogen-bond acceptors (Lipinski definition) is 2. The summed E-state index contributed by atoms with van der Waals surface area (Å²) in [5.41, 5.74) is 16.2. The molecule has 4 heteroatoms. The number of nitrogens with zero attached hydrogens (tertiary/aromatic N) is 4. The summed E-state index contributed by atoms with van der Waals surface area (Å²) in [6.07, 6.45) is 8.97. The monoisotopic (exact) mass is 792 g/mol. The first-order chi connectivity index (χ1) is 30.7. The van der Waals surface area contributed by atoms with Crippen LogP contribution in [0, 0.1) is 0 Å². The predicted octanol–water partition coefficient (Wildman–Crippen LogP) is 15.1. The number of benzene rings is 8. The molecule has 12 rings (SSSR count). The molecule has 1 aliphatic carbocycles. The lowest BCUT2D eigenvalue weighted by Gasteiger charge is -2.16. The van der Waals surface area contributed by atoms with Crippen LogP contribution in [0.15, 0.2) is 218 Å². The summed E-state index contributed by atoms with van der Waals surface area (Å²) in [4.78, 5) is 11.0. The van der Waals surface area contributed by atoms with E-state index in [1.165, 1.54) is 38.2 Å². The number of para-hydroxylation sites is 4. The maximum atomic E-state index is 5.49. The molecule has 62 heavy (non-hydrogen) atoms. The maximum absolute atomic E-state index is 5.49. The van der Waals surface area contributed by atoms with Gasteiger partial charge in [-0.3, -0.25) is 0 Å². The number of allylic oxidation sites excluding steroid dienone is 4. The average molecular weight is 793 g/mol. The van der Waals surface area contributed by atoms with Crippen LogP contribution in [0.5, 0.6) is 0 Å². The molecule has 8 aromatic carbocycles. The van der Waals surface area contributed by atoms with Gasteiger partial charge in [0.1, 0.15) is 0 Å². The molecule has 0 spiro atoms. The van der Waals surface area contributed by atoms with Crippen molar-refractivity contribution < 1.29 is 0 Å². The summed E-state index contributed by atoms with van der Waals surface area (Å²) < 4.78 is 4.79. The van der Waals surface area contributed by atoms with Gasteiger partial charge in [0.15, 0.2) is 5.82 Å². The first-order valence-electron chi connectivity index (χ1n) is 21.4. The highest BCUT2D eigenvalue weighted by Crippen LogP contribution is 2.39. The van der Waals surface area contributed by atoms with Crippen LogP contribution in [-0.2, 0) is 0 Å². The van der Waals surface area contributed by atoms with Crippen LogP contribution in [0.3, 0.4) is 0 Å². The molecule has 3 aromatic heterocycles. The molecule has 0 atom stereocenters. The highest BCUT2D eigenvalue weighted by Gasteiger charge is 2.20. The summed E-state index contributed by atoms with van der Waals surface area (Å²) in [6, 6.07) is 71.9. The first kappa shape index (κ1) is 35.8. The van der Waals surface area contributed by atoms with E-state index in [2.05, 4.69) is 228 Å². The van der Waals surface area contributed by atoms with E-state index < -0.39 is 0 Å². The van der Waals surface area contributed by atoms with Crippen molar-refractivity contribution >= 4 is 49.2 Å². The Kier molecular flexibility index (Phi) is 8.60. The lowest BCUT2D eigenvalue weighted by molar-refractivity contribution is 1.04. The van der Waals surface area contributed by atoms with Crippen LogP contribution in [0.4, 0.5) is 0 Å². The lowest BCUT2D eigenvalue weighted by Crippen LogP contribution is -2.02. The molecule has 4 nitrogen and oxygen atoms in total. The van der Waals surface area contributed by atoms with Crippen LogP contribution in [0.25, 0.3) is 106 Å². The van der Waals surface area contributed by atoms with Gasteiger partial charge in [0.2, 0.25) is 0 Å². The molecule has 0 saturated carbocycles. The Hall–Kier alpha value is -8.08. The van der Waals surface area contributed by atoms with Crippen molar-refractivity contribution in [1.29, 1.82) is 0 Å². The van der Waals surface area contributed by atoms with Gasteiger partial charge in [0, 0.05) is 49.6 Å². The van der Waals surface area contributed by atoms with Crippen molar-refractivity contribution in [3.8, 4) is 56.4 Å². The molecule has 3 heterocycles. The normalized spacial score (nSPS) is 12.7. The third-order valence-electron chi connectivity index (χ3n) is 12.3. The summed E-state index contributed by atoms with van der Waals surface area (Å²) >= 11 is 0. The van der Waals surface area contributed by atoms with Gasteiger partial charge >= 0.3 is 0 Å². The molecule has 0 unspecified atom stereocenters. The highest BCUT2D eigenvalue weighted by atomic mass is 15.0. The molecule has 11 aromatic rings. The third kappa shape index (κ3) is 6.15. The molecule has 0 radical (unpaired) electrons. The average Bonchev–Trinajstić information content (AvgIpc) is 3.88. The molecule has 0 N–H and O–H groups in total. The van der Waals surface area contributed by atoms with Crippen molar-refractivity contribution in [2.75, 3.05) is 0 Å². The number of aromatic nitrogens is 4. The summed E-state index contributed by atoms with van der Waals surface area (Å²) in [6.45, 7) is 0. The molecule has 0 fully saturated rings. The smallest absolute Gasteiger partial charge is 0.160 e. The van der Waals surface area contributed by atoms with Gasteiger partial charge in [0.25, 0.3) is 0 Å². The van der Waals surface area contributed by atoms with Crippen molar-refractivity contribution in [2.45, 2.75) is 12.8 Å². The zero-order valence-electron chi connectivity index (χ0n) is 34.0. The number of hydrogen-bond donors (Lipinski definition) is 0. The SMILES string of the molecule is C1=CC(c2cccc(-c3cc(-c4cccc(-c5ccccc5)c4)nc(-c4cc(-n5c6ccccc6c6ccccc65)cc(-n5c6ccccc6c6ccccc65)c4)n3)c2)=CCC1. The third-order valence-corrected chi connectivity index (χ3v) is 12.3. The molecule has 0 aliphatic heterocycles. The van der Waals surface area contributed by atoms with E-state index in [1.807, 2.05) is 0 Å². The second-order valence-electron chi connectivity index (χ2n) is 16.1. The van der Waals surface area contributed by atoms with E-state index in [4.69, 9.17) is 9.97 Å². The molecule has 292 valence electrons. The molecule has 0 amide bonds. The van der Waals surface area contributed by atoms with Crippen LogP contribution in [0.1, 0.15) is 18.4 Å². The van der Waals surface area contributed by atoms with Crippen LogP contribution >= 0.6 is 0 Å². The Balaban J connectivity index is 1.14. The van der Waals surface area contributed by atoms with Crippen molar-refractivity contribution in [3.05, 3.63) is 224 Å². The van der Waals surface area contributed by atoms with E-state index in [9.17, 15) is 0 Å². The fourth-order valence-electron chi connectivity index (χ4n) is 9.43. The molecular formula is C58H40N4. The standard InChI is InChI=1S/C58H40N4/c1-3-17-39(18-4-1)41-21-15-23-43(33-41)52-38-53(44-24-16-22-42(34-44)40-19-5-2-6-20-40)60-58(59-52)45-35-46(61-54-29-11-7-25-48(54)49-26-8-12-30-55(49)61)37-47(36-45)62-56-31-13-9-27-50(56)51-28-10-14-32-57(51)62/h1,3-5,7-38H,2,6H2. The minimum absolute atomic E-state index is 0.662. The fraction of sp³-hybridized carbons (Fsp3) is 0.0345. The Labute approximate surface area is 360 Å². The van der Waals surface area contributed by atoms with Gasteiger partial charge in [-0.15, -0.1) is 0 Å². The second kappa shape index (κ2) is 14.9. The minimum atomic E-state index is 0.662. The molecule has 0 saturated heterocycles. The van der Waals surface area contributed by atoms with E-state index in [-0.39, 0.29) is 0 Å². The lowest BCUT2D eigenvalue weighted by atomic mass is 9.96. The Morgan fingerprint density at radius 3 is 1.31 bits per heavy atom. The van der Waals surface area contributed by atoms with E-state index in [1.54, 1.807) is 0 Å². The summed E-state index contributed by atoms with van der Waals surface area (Å²) in [5.74, 6) is 0.662. The van der Waals surface area contributed by atoms with Crippen molar-refractivity contribution in [1.82, 2.24) is 19.1 Å². The molecule has 1 aliphatic rings. The van der Waals surface area contributed by atoms with Gasteiger partial charge in [-0.25, -0.2) is 9.97 Å². The van der Waals surface area contributed by atoms with E-state index in [0.29, 0.717) is 5.82 Å². The largest absolute Gasteiger partial charge is 0.309 e. The summed E-state index contributed by atoms with van der Waals surface area (Å²) in [7, 11) is 0. The zero-order chi connectivity index (χ0) is 41.0. The van der Waals surface area contributed by atoms with E-state index >= 15 is 0 Å². The minimum Gasteiger partial charge on any atom is -0.309 e. The van der Waals surface area contributed by atoms with Gasteiger partial charge in [-0.2, -0.15) is 0 Å². The molecule has 0 bridgehead atoms. The quantitative estimate of drug-likeness (QED) is 0.161.